The van der Waals surface area contributed by atoms with E-state index >= 15 is 0 Å². The first kappa shape index (κ1) is 13.9. The smallest absolute Gasteiger partial charge is 0.168 e. The van der Waals surface area contributed by atoms with E-state index in [0.29, 0.717) is 12.5 Å². The van der Waals surface area contributed by atoms with E-state index in [1.165, 1.54) is 12.8 Å². The van der Waals surface area contributed by atoms with Crippen molar-refractivity contribution < 1.29 is 4.74 Å². The standard InChI is InChI=1S/C17H21N3O/c1-2-10-18-16-11-15(13-8-9-13)19-17(20-16)12-21-14-6-4-3-5-7-14/h3-7,11,13H,2,8-10,12H2,1H3,(H,18,19,20). The molecule has 0 aliphatic heterocycles. The molecule has 1 aliphatic carbocycles. The zero-order chi connectivity index (χ0) is 14.5. The van der Waals surface area contributed by atoms with Crippen LogP contribution in [-0.4, -0.2) is 16.5 Å². The first-order valence-corrected chi connectivity index (χ1v) is 7.64. The second-order valence-electron chi connectivity index (χ2n) is 5.40. The molecule has 1 aromatic heterocycles. The van der Waals surface area contributed by atoms with Gasteiger partial charge in [0, 0.05) is 24.2 Å². The summed E-state index contributed by atoms with van der Waals surface area (Å²) in [4.78, 5) is 9.19. The van der Waals surface area contributed by atoms with Crippen LogP contribution in [0, 0.1) is 0 Å². The van der Waals surface area contributed by atoms with Gasteiger partial charge in [0.15, 0.2) is 5.82 Å². The van der Waals surface area contributed by atoms with Gasteiger partial charge in [-0.25, -0.2) is 9.97 Å². The van der Waals surface area contributed by atoms with Gasteiger partial charge in [0.25, 0.3) is 0 Å². The van der Waals surface area contributed by atoms with E-state index in [1.54, 1.807) is 0 Å². The van der Waals surface area contributed by atoms with E-state index < -0.39 is 0 Å². The molecule has 0 unspecified atom stereocenters. The third kappa shape index (κ3) is 3.94. The number of rotatable bonds is 7. The van der Waals surface area contributed by atoms with Gasteiger partial charge in [-0.3, -0.25) is 0 Å². The van der Waals surface area contributed by atoms with E-state index in [1.807, 2.05) is 30.3 Å². The molecule has 21 heavy (non-hydrogen) atoms. The zero-order valence-corrected chi connectivity index (χ0v) is 12.4. The maximum Gasteiger partial charge on any atom is 0.168 e. The number of hydrogen-bond donors (Lipinski definition) is 1. The third-order valence-corrected chi connectivity index (χ3v) is 3.46. The minimum atomic E-state index is 0.408. The highest BCUT2D eigenvalue weighted by Crippen LogP contribution is 2.39. The Labute approximate surface area is 125 Å². The lowest BCUT2D eigenvalue weighted by Gasteiger charge is -2.10. The van der Waals surface area contributed by atoms with Crippen LogP contribution >= 0.6 is 0 Å². The second kappa shape index (κ2) is 6.57. The van der Waals surface area contributed by atoms with E-state index in [4.69, 9.17) is 4.74 Å². The Morgan fingerprint density at radius 3 is 2.71 bits per heavy atom. The number of hydrogen-bond acceptors (Lipinski definition) is 4. The van der Waals surface area contributed by atoms with Crippen molar-refractivity contribution in [2.75, 3.05) is 11.9 Å². The van der Waals surface area contributed by atoms with E-state index in [0.717, 1.165) is 36.1 Å². The van der Waals surface area contributed by atoms with Crippen molar-refractivity contribution in [2.45, 2.75) is 38.7 Å². The summed E-state index contributed by atoms with van der Waals surface area (Å²) >= 11 is 0. The quantitative estimate of drug-likeness (QED) is 0.840. The fraction of sp³-hybridized carbons (Fsp3) is 0.412. The average molecular weight is 283 g/mol. The minimum absolute atomic E-state index is 0.408. The Bertz CT molecular complexity index is 582. The predicted molar refractivity (Wildman–Crippen MR) is 83.6 cm³/mol. The van der Waals surface area contributed by atoms with E-state index in [-0.39, 0.29) is 0 Å². The van der Waals surface area contributed by atoms with Crippen LogP contribution < -0.4 is 10.1 Å². The fourth-order valence-electron chi connectivity index (χ4n) is 2.18. The molecule has 1 saturated carbocycles. The van der Waals surface area contributed by atoms with E-state index in [9.17, 15) is 0 Å². The molecule has 4 nitrogen and oxygen atoms in total. The minimum Gasteiger partial charge on any atom is -0.486 e. The van der Waals surface area contributed by atoms with Gasteiger partial charge >= 0.3 is 0 Å². The van der Waals surface area contributed by atoms with Gasteiger partial charge in [-0.2, -0.15) is 0 Å². The third-order valence-electron chi connectivity index (χ3n) is 3.46. The molecule has 0 atom stereocenters. The van der Waals surface area contributed by atoms with Gasteiger partial charge in [-0.15, -0.1) is 0 Å². The summed E-state index contributed by atoms with van der Waals surface area (Å²) in [6, 6.07) is 11.9. The summed E-state index contributed by atoms with van der Waals surface area (Å²) in [5.74, 6) is 3.13. The molecule has 0 bridgehead atoms. The molecular weight excluding hydrogens is 262 g/mol. The van der Waals surface area contributed by atoms with Crippen LogP contribution in [0.3, 0.4) is 0 Å². The second-order valence-corrected chi connectivity index (χ2v) is 5.40. The Kier molecular flexibility index (Phi) is 4.34. The normalized spacial score (nSPS) is 14.0. The summed E-state index contributed by atoms with van der Waals surface area (Å²) < 4.78 is 5.75. The predicted octanol–water partition coefficient (Wildman–Crippen LogP) is 3.75. The summed E-state index contributed by atoms with van der Waals surface area (Å²) in [6.07, 6.45) is 3.56. The van der Waals surface area contributed by atoms with Gasteiger partial charge < -0.3 is 10.1 Å². The van der Waals surface area contributed by atoms with E-state index in [2.05, 4.69) is 28.3 Å². The lowest BCUT2D eigenvalue weighted by molar-refractivity contribution is 0.295. The Hall–Kier alpha value is -2.10. The van der Waals surface area contributed by atoms with Crippen LogP contribution in [-0.2, 0) is 6.61 Å². The van der Waals surface area contributed by atoms with Crippen molar-refractivity contribution in [1.29, 1.82) is 0 Å². The van der Waals surface area contributed by atoms with Gasteiger partial charge in [0.2, 0.25) is 0 Å². The number of benzene rings is 1. The van der Waals surface area contributed by atoms with Crippen molar-refractivity contribution in [3.05, 3.63) is 47.9 Å². The van der Waals surface area contributed by atoms with Crippen molar-refractivity contribution >= 4 is 5.82 Å². The number of para-hydroxylation sites is 1. The van der Waals surface area contributed by atoms with Crippen LogP contribution in [0.4, 0.5) is 5.82 Å². The lowest BCUT2D eigenvalue weighted by atomic mass is 10.2. The highest BCUT2D eigenvalue weighted by Gasteiger charge is 2.26. The average Bonchev–Trinajstić information content (AvgIpc) is 3.37. The number of aromatic nitrogens is 2. The molecular formula is C17H21N3O. The molecule has 110 valence electrons. The summed E-state index contributed by atoms with van der Waals surface area (Å²) in [5, 5.41) is 3.35. The molecule has 0 spiro atoms. The molecule has 4 heteroatoms. The molecule has 1 N–H and O–H groups in total. The SMILES string of the molecule is CCCNc1cc(C2CC2)nc(COc2ccccc2)n1. The van der Waals surface area contributed by atoms with Crippen LogP contribution in [0.15, 0.2) is 36.4 Å². The van der Waals surface area contributed by atoms with Crippen LogP contribution in [0.1, 0.15) is 43.6 Å². The van der Waals surface area contributed by atoms with Crippen molar-refractivity contribution in [2.24, 2.45) is 0 Å². The molecule has 0 radical (unpaired) electrons. The number of anilines is 1. The fourth-order valence-corrected chi connectivity index (χ4v) is 2.18. The first-order valence-electron chi connectivity index (χ1n) is 7.64. The van der Waals surface area contributed by atoms with Crippen LogP contribution in [0.5, 0.6) is 5.75 Å². The first-order chi connectivity index (χ1) is 10.3. The van der Waals surface area contributed by atoms with Crippen molar-refractivity contribution in [1.82, 2.24) is 9.97 Å². The molecule has 2 aromatic rings. The monoisotopic (exact) mass is 283 g/mol. The Morgan fingerprint density at radius 2 is 2.00 bits per heavy atom. The molecule has 3 rings (SSSR count). The summed E-state index contributed by atoms with van der Waals surface area (Å²) in [6.45, 7) is 3.49. The van der Waals surface area contributed by atoms with Gasteiger partial charge in [-0.1, -0.05) is 25.1 Å². The summed E-state index contributed by atoms with van der Waals surface area (Å²) in [7, 11) is 0. The number of nitrogens with one attached hydrogen (secondary N) is 1. The lowest BCUT2D eigenvalue weighted by Crippen LogP contribution is -2.09. The highest BCUT2D eigenvalue weighted by atomic mass is 16.5. The molecule has 1 aromatic carbocycles. The maximum absolute atomic E-state index is 5.75. The van der Waals surface area contributed by atoms with Crippen molar-refractivity contribution in [3.8, 4) is 5.75 Å². The molecule has 1 heterocycles. The number of nitrogens with zero attached hydrogens (tertiary/aromatic N) is 2. The molecule has 0 saturated heterocycles. The number of ether oxygens (including phenoxy) is 1. The molecule has 0 amide bonds. The highest BCUT2D eigenvalue weighted by molar-refractivity contribution is 5.38. The maximum atomic E-state index is 5.75. The van der Waals surface area contributed by atoms with Gasteiger partial charge in [0.1, 0.15) is 18.2 Å². The zero-order valence-electron chi connectivity index (χ0n) is 12.4. The molecule has 1 aliphatic rings. The topological polar surface area (TPSA) is 47.0 Å². The van der Waals surface area contributed by atoms with Crippen molar-refractivity contribution in [3.63, 3.8) is 0 Å². The van der Waals surface area contributed by atoms with Crippen LogP contribution in [0.2, 0.25) is 0 Å². The Balaban J connectivity index is 1.72. The van der Waals surface area contributed by atoms with Crippen LogP contribution in [0.25, 0.3) is 0 Å². The van der Waals surface area contributed by atoms with Gasteiger partial charge in [-0.05, 0) is 31.4 Å². The summed E-state index contributed by atoms with van der Waals surface area (Å²) in [5.41, 5.74) is 1.15. The largest absolute Gasteiger partial charge is 0.486 e. The van der Waals surface area contributed by atoms with Gasteiger partial charge in [0.05, 0.1) is 0 Å². The molecule has 1 fully saturated rings. The Morgan fingerprint density at radius 1 is 1.19 bits per heavy atom.